The van der Waals surface area contributed by atoms with E-state index in [1.54, 1.807) is 39.3 Å². The largest absolute Gasteiger partial charge is 0.394 e. The van der Waals surface area contributed by atoms with Crippen LogP contribution in [0, 0.1) is 5.92 Å². The number of thioether (sulfide) groups is 1. The van der Waals surface area contributed by atoms with E-state index in [1.165, 1.54) is 75.6 Å². The minimum absolute atomic E-state index is 0.0809. The number of benzene rings is 1. The number of allylic oxidation sites excluding steroid dienone is 6. The highest BCUT2D eigenvalue weighted by Crippen LogP contribution is 2.51. The molecular weight excluding hydrogens is 987 g/mol. The van der Waals surface area contributed by atoms with E-state index in [4.69, 9.17) is 27.2 Å². The second-order valence-corrected chi connectivity index (χ2v) is 24.9. The number of carbonyl (C=O) groups is 4. The van der Waals surface area contributed by atoms with Crippen LogP contribution in [0.25, 0.3) is 0 Å². The molecule has 3 aliphatic carbocycles. The Morgan fingerprint density at radius 2 is 1.58 bits per heavy atom. The molecule has 1 aromatic carbocycles. The van der Waals surface area contributed by atoms with Gasteiger partial charge in [0.25, 0.3) is 11.8 Å². The summed E-state index contributed by atoms with van der Waals surface area (Å²) in [5.41, 5.74) is 26.3. The SMILES string of the molecule is CC1(N)CCN(c2cnc(SC3C=C(NC(CCCCCCCCN4C5CCC4CN(/C(N)=C/C=C(\N)C(=O)N4CCN(c6ccc7c(c6)C(=O)N(C6CCC(=O)NC6=O)C7C6CC6)CC4)C5)=C4CC4)C=CC3)cn2)CC1. The van der Waals surface area contributed by atoms with Crippen molar-refractivity contribution in [3.63, 3.8) is 0 Å². The highest BCUT2D eigenvalue weighted by Gasteiger charge is 2.50. The van der Waals surface area contributed by atoms with E-state index in [2.05, 4.69) is 61.5 Å². The highest BCUT2D eigenvalue weighted by atomic mass is 32.2. The van der Waals surface area contributed by atoms with Gasteiger partial charge in [-0.05, 0) is 145 Å². The van der Waals surface area contributed by atoms with Crippen molar-refractivity contribution in [3.05, 3.63) is 101 Å². The lowest BCUT2D eigenvalue weighted by molar-refractivity contribution is -0.137. The van der Waals surface area contributed by atoms with Gasteiger partial charge in [0.1, 0.15) is 16.9 Å². The van der Waals surface area contributed by atoms with Crippen molar-refractivity contribution in [3.8, 4) is 0 Å². The van der Waals surface area contributed by atoms with Gasteiger partial charge >= 0.3 is 0 Å². The molecular formula is C59H81N13O4S. The van der Waals surface area contributed by atoms with Crippen LogP contribution in [0.3, 0.4) is 0 Å². The van der Waals surface area contributed by atoms with Crippen LogP contribution in [0.15, 0.2) is 94.5 Å². The normalized spacial score (nSPS) is 26.5. The Kier molecular flexibility index (Phi) is 16.0. The molecule has 17 nitrogen and oxygen atoms in total. The number of aromatic nitrogens is 2. The van der Waals surface area contributed by atoms with Crippen molar-refractivity contribution < 1.29 is 19.2 Å². The van der Waals surface area contributed by atoms with Gasteiger partial charge in [-0.3, -0.25) is 29.4 Å². The highest BCUT2D eigenvalue weighted by molar-refractivity contribution is 8.00. The van der Waals surface area contributed by atoms with E-state index >= 15 is 0 Å². The third-order valence-corrected chi connectivity index (χ3v) is 18.9. The van der Waals surface area contributed by atoms with Crippen molar-refractivity contribution in [2.24, 2.45) is 23.1 Å². The predicted molar refractivity (Wildman–Crippen MR) is 302 cm³/mol. The molecule has 2 bridgehead atoms. The summed E-state index contributed by atoms with van der Waals surface area (Å²) in [5, 5.41) is 7.57. The van der Waals surface area contributed by atoms with E-state index in [0.29, 0.717) is 67.2 Å². The van der Waals surface area contributed by atoms with Gasteiger partial charge in [0, 0.05) is 104 Å². The molecule has 412 valence electrons. The number of likely N-dealkylation sites (tertiary alicyclic amines) is 1. The molecule has 0 radical (unpaired) electrons. The lowest BCUT2D eigenvalue weighted by Gasteiger charge is -2.42. The molecule has 2 saturated carbocycles. The molecule has 8 N–H and O–H groups in total. The molecule has 7 heterocycles. The number of carbonyl (C=O) groups excluding carboxylic acids is 4. The Balaban J connectivity index is 0.572. The monoisotopic (exact) mass is 1070 g/mol. The molecule has 9 aliphatic rings. The molecule has 0 spiro atoms. The molecule has 5 unspecified atom stereocenters. The quantitative estimate of drug-likeness (QED) is 0.0425. The van der Waals surface area contributed by atoms with Crippen LogP contribution >= 0.6 is 11.8 Å². The van der Waals surface area contributed by atoms with Crippen molar-refractivity contribution >= 4 is 46.9 Å². The second kappa shape index (κ2) is 23.2. The summed E-state index contributed by atoms with van der Waals surface area (Å²) in [6.45, 7) is 9.10. The van der Waals surface area contributed by atoms with Gasteiger partial charge in [0.15, 0.2) is 0 Å². The number of unbranched alkanes of at least 4 members (excludes halogenated alkanes) is 5. The van der Waals surface area contributed by atoms with Gasteiger partial charge in [-0.15, -0.1) is 0 Å². The van der Waals surface area contributed by atoms with E-state index in [9.17, 15) is 19.2 Å². The molecule has 77 heavy (non-hydrogen) atoms. The Bertz CT molecular complexity index is 2680. The van der Waals surface area contributed by atoms with Crippen LogP contribution in [-0.4, -0.2) is 141 Å². The smallest absolute Gasteiger partial charge is 0.269 e. The number of rotatable bonds is 20. The maximum Gasteiger partial charge on any atom is 0.269 e. The summed E-state index contributed by atoms with van der Waals surface area (Å²) in [5.74, 6) is 0.908. The average molecular weight is 1070 g/mol. The van der Waals surface area contributed by atoms with Crippen LogP contribution in [-0.2, 0) is 14.4 Å². The Labute approximate surface area is 459 Å². The van der Waals surface area contributed by atoms with E-state index in [0.717, 1.165) is 93.3 Å². The summed E-state index contributed by atoms with van der Waals surface area (Å²) >= 11 is 1.79. The van der Waals surface area contributed by atoms with Gasteiger partial charge < -0.3 is 47.0 Å². The standard InChI is InChI=1S/C59H81N13O4S/c1-59(62)24-27-68(28-25-59)52-35-64-54(36-63-52)77-45-10-8-9-41(33-45)65-49(39-12-13-39)11-6-4-2-3-5-7-26-71-43-16-17-44(71)38-70(37-43)51(61)22-20-48(60)58(76)69-31-29-67(30-32-69)42-18-19-46-47(34-42)57(75)72(55(46)40-14-15-40)50-21-23-53(73)66-56(50)74/h8-9,18-20,22,33-36,40,43-45,50,55,65H,2-7,10-17,21,23-32,37-38,60-62H2,1H3,(H,66,73,74)/b48-20-,51-22+. The second-order valence-electron chi connectivity index (χ2n) is 23.6. The zero-order chi connectivity index (χ0) is 53.2. The fourth-order valence-corrected chi connectivity index (χ4v) is 13.9. The molecule has 5 saturated heterocycles. The molecule has 1 aromatic heterocycles. The fraction of sp³-hybridized carbons (Fsp3) is 0.593. The van der Waals surface area contributed by atoms with Crippen molar-refractivity contribution in [2.45, 2.75) is 162 Å². The number of nitrogens with two attached hydrogens (primary N) is 3. The maximum absolute atomic E-state index is 13.9. The van der Waals surface area contributed by atoms with Gasteiger partial charge in [-0.1, -0.05) is 55.2 Å². The van der Waals surface area contributed by atoms with Gasteiger partial charge in [0.05, 0.1) is 30.0 Å². The maximum atomic E-state index is 13.9. The summed E-state index contributed by atoms with van der Waals surface area (Å²) in [4.78, 5) is 74.8. The van der Waals surface area contributed by atoms with E-state index in [-0.39, 0.29) is 47.3 Å². The zero-order valence-electron chi connectivity index (χ0n) is 45.2. The minimum atomic E-state index is -0.642. The summed E-state index contributed by atoms with van der Waals surface area (Å²) in [7, 11) is 0. The molecule has 2 aromatic rings. The summed E-state index contributed by atoms with van der Waals surface area (Å²) < 4.78 is 0. The fourth-order valence-electron chi connectivity index (χ4n) is 13.0. The number of nitrogens with one attached hydrogen (secondary N) is 2. The lowest BCUT2D eigenvalue weighted by Crippen LogP contribution is -2.54. The molecule has 5 atom stereocenters. The van der Waals surface area contributed by atoms with Gasteiger partial charge in [0.2, 0.25) is 11.8 Å². The Morgan fingerprint density at radius 3 is 2.29 bits per heavy atom. The number of hydrogen-bond donors (Lipinski definition) is 5. The number of anilines is 2. The number of hydrogen-bond acceptors (Lipinski definition) is 15. The molecule has 11 rings (SSSR count). The third kappa shape index (κ3) is 12.5. The first-order valence-corrected chi connectivity index (χ1v) is 29.9. The first-order valence-electron chi connectivity index (χ1n) is 29.0. The third-order valence-electron chi connectivity index (χ3n) is 17.8. The summed E-state index contributed by atoms with van der Waals surface area (Å²) in [6.07, 6.45) is 33.2. The van der Waals surface area contributed by atoms with Gasteiger partial charge in [-0.25, -0.2) is 9.97 Å². The van der Waals surface area contributed by atoms with E-state index < -0.39 is 6.04 Å². The van der Waals surface area contributed by atoms with Crippen molar-refractivity contribution in [2.75, 3.05) is 68.7 Å². The zero-order valence-corrected chi connectivity index (χ0v) is 46.0. The lowest BCUT2D eigenvalue weighted by atomic mass is 9.91. The molecule has 7 fully saturated rings. The van der Waals surface area contributed by atoms with Crippen LogP contribution < -0.4 is 37.6 Å². The van der Waals surface area contributed by atoms with Crippen LogP contribution in [0.2, 0.25) is 0 Å². The van der Waals surface area contributed by atoms with Crippen molar-refractivity contribution in [1.82, 2.24) is 40.2 Å². The van der Waals surface area contributed by atoms with Crippen LogP contribution in [0.5, 0.6) is 0 Å². The molecule has 6 aliphatic heterocycles. The number of amides is 4. The van der Waals surface area contributed by atoms with Crippen LogP contribution in [0.4, 0.5) is 11.5 Å². The van der Waals surface area contributed by atoms with E-state index in [1.807, 2.05) is 24.5 Å². The van der Waals surface area contributed by atoms with Crippen LogP contribution in [0.1, 0.15) is 144 Å². The number of fused-ring (bicyclic) bond motifs is 3. The minimum Gasteiger partial charge on any atom is -0.394 e. The topological polar surface area (TPSA) is 216 Å². The first kappa shape index (κ1) is 53.2. The average Bonchev–Trinajstić information content (AvgIpc) is 4.39. The number of piperidine rings is 2. The molecule has 18 heteroatoms. The predicted octanol–water partition coefficient (Wildman–Crippen LogP) is 6.32. The number of piperazine rings is 2. The summed E-state index contributed by atoms with van der Waals surface area (Å²) in [6, 6.07) is 6.24. The first-order chi connectivity index (χ1) is 37.3. The van der Waals surface area contributed by atoms with Gasteiger partial charge in [-0.2, -0.15) is 0 Å². The van der Waals surface area contributed by atoms with Crippen molar-refractivity contribution in [1.29, 1.82) is 0 Å². The number of nitrogens with zero attached hydrogens (tertiary/aromatic N) is 8. The number of imide groups is 1. The Hall–Kier alpha value is -5.85. The Morgan fingerprint density at radius 1 is 0.844 bits per heavy atom. The molecule has 4 amide bonds.